The van der Waals surface area contributed by atoms with E-state index in [1.807, 2.05) is 12.1 Å². The molecule has 0 bridgehead atoms. The highest BCUT2D eigenvalue weighted by Crippen LogP contribution is 2.38. The third-order valence-corrected chi connectivity index (χ3v) is 7.52. The van der Waals surface area contributed by atoms with Gasteiger partial charge in [-0.05, 0) is 80.9 Å². The van der Waals surface area contributed by atoms with Crippen LogP contribution < -0.4 is 4.90 Å². The third-order valence-electron chi connectivity index (χ3n) is 7.52. The van der Waals surface area contributed by atoms with Crippen molar-refractivity contribution in [3.05, 3.63) is 200 Å². The van der Waals surface area contributed by atoms with Crippen molar-refractivity contribution in [2.75, 3.05) is 4.90 Å². The van der Waals surface area contributed by atoms with Crippen LogP contribution in [0.3, 0.4) is 0 Å². The molecule has 0 radical (unpaired) electrons. The maximum absolute atomic E-state index is 4.04. The van der Waals surface area contributed by atoms with Gasteiger partial charge in [-0.25, -0.2) is 0 Å². The third kappa shape index (κ3) is 6.48. The molecule has 0 saturated carbocycles. The fraction of sp³-hybridized carbons (Fsp3) is 0. The van der Waals surface area contributed by atoms with Crippen molar-refractivity contribution < 1.29 is 0 Å². The molecule has 6 rings (SSSR count). The van der Waals surface area contributed by atoms with Gasteiger partial charge in [0.15, 0.2) is 0 Å². The molecule has 6 aromatic carbocycles. The van der Waals surface area contributed by atoms with E-state index in [4.69, 9.17) is 0 Å². The Morgan fingerprint density at radius 1 is 0.465 bits per heavy atom. The largest absolute Gasteiger partial charge is 0.317 e. The Balaban J connectivity index is 1.45. The lowest BCUT2D eigenvalue weighted by Crippen LogP contribution is -2.08. The average Bonchev–Trinajstić information content (AvgIpc) is 3.10. The van der Waals surface area contributed by atoms with Gasteiger partial charge >= 0.3 is 0 Å². The molecule has 0 amide bonds. The smallest absolute Gasteiger partial charge is 0.0462 e. The van der Waals surface area contributed by atoms with E-state index in [0.29, 0.717) is 0 Å². The molecule has 0 aliphatic heterocycles. The van der Waals surface area contributed by atoms with Gasteiger partial charge in [0.05, 0.1) is 0 Å². The second-order valence-electron chi connectivity index (χ2n) is 10.3. The predicted molar refractivity (Wildman–Crippen MR) is 185 cm³/mol. The normalized spacial score (nSPS) is 11.4. The van der Waals surface area contributed by atoms with E-state index in [2.05, 4.69) is 188 Å². The Bertz CT molecular complexity index is 1850. The standard InChI is InChI=1S/C42H33N/c1-2-33(34-17-7-3-8-18-34)25-16-30-43(39-26-13-6-14-27-39)40-28-29-41(42(32-40)36-21-11-5-12-22-36)38-24-15-23-37(31-38)35-19-9-4-10-20-35/h2-32H,1H2/b30-16+,33-25+. The van der Waals surface area contributed by atoms with Gasteiger partial charge in [-0.3, -0.25) is 0 Å². The van der Waals surface area contributed by atoms with Crippen LogP contribution in [0.4, 0.5) is 11.4 Å². The molecule has 0 unspecified atom stereocenters. The second kappa shape index (κ2) is 13.3. The number of rotatable bonds is 9. The lowest BCUT2D eigenvalue weighted by molar-refractivity contribution is 1.28. The van der Waals surface area contributed by atoms with Crippen LogP contribution in [-0.4, -0.2) is 0 Å². The average molecular weight is 552 g/mol. The molecule has 0 aromatic heterocycles. The summed E-state index contributed by atoms with van der Waals surface area (Å²) in [6.45, 7) is 4.04. The topological polar surface area (TPSA) is 3.24 Å². The molecule has 206 valence electrons. The summed E-state index contributed by atoms with van der Waals surface area (Å²) in [6, 6.07) is 57.6. The molecular weight excluding hydrogens is 518 g/mol. The maximum atomic E-state index is 4.04. The lowest BCUT2D eigenvalue weighted by Gasteiger charge is -2.23. The highest BCUT2D eigenvalue weighted by atomic mass is 15.1. The van der Waals surface area contributed by atoms with Gasteiger partial charge in [-0.2, -0.15) is 0 Å². The molecule has 0 atom stereocenters. The number of hydrogen-bond donors (Lipinski definition) is 0. The Morgan fingerprint density at radius 2 is 1.05 bits per heavy atom. The van der Waals surface area contributed by atoms with Gasteiger partial charge in [-0.15, -0.1) is 0 Å². The van der Waals surface area contributed by atoms with Crippen LogP contribution >= 0.6 is 0 Å². The summed E-state index contributed by atoms with van der Waals surface area (Å²) in [4.78, 5) is 2.23. The SMILES string of the molecule is C=C/C(=C\C=C\N(c1ccccc1)c1ccc(-c2cccc(-c3ccccc3)c2)c(-c2ccccc2)c1)c1ccccc1. The van der Waals surface area contributed by atoms with Gasteiger partial charge in [0.25, 0.3) is 0 Å². The van der Waals surface area contributed by atoms with Crippen molar-refractivity contribution in [3.63, 3.8) is 0 Å². The summed E-state index contributed by atoms with van der Waals surface area (Å²) >= 11 is 0. The van der Waals surface area contributed by atoms with Gasteiger partial charge in [0.2, 0.25) is 0 Å². The number of anilines is 2. The molecule has 0 aliphatic carbocycles. The van der Waals surface area contributed by atoms with E-state index in [1.54, 1.807) is 0 Å². The van der Waals surface area contributed by atoms with Gasteiger partial charge < -0.3 is 4.90 Å². The summed E-state index contributed by atoms with van der Waals surface area (Å²) in [7, 11) is 0. The molecule has 6 aromatic rings. The number of allylic oxidation sites excluding steroid dienone is 4. The summed E-state index contributed by atoms with van der Waals surface area (Å²) in [6.07, 6.45) is 8.23. The first-order valence-corrected chi connectivity index (χ1v) is 14.6. The van der Waals surface area contributed by atoms with Crippen molar-refractivity contribution >= 4 is 16.9 Å². The van der Waals surface area contributed by atoms with E-state index in [-0.39, 0.29) is 0 Å². The van der Waals surface area contributed by atoms with Crippen LogP contribution in [-0.2, 0) is 0 Å². The summed E-state index contributed by atoms with van der Waals surface area (Å²) in [5, 5.41) is 0. The van der Waals surface area contributed by atoms with E-state index in [9.17, 15) is 0 Å². The zero-order chi connectivity index (χ0) is 29.3. The molecule has 0 N–H and O–H groups in total. The highest BCUT2D eigenvalue weighted by molar-refractivity contribution is 5.88. The van der Waals surface area contributed by atoms with Crippen LogP contribution in [0.5, 0.6) is 0 Å². The Morgan fingerprint density at radius 3 is 1.72 bits per heavy atom. The molecule has 1 nitrogen and oxygen atoms in total. The van der Waals surface area contributed by atoms with Crippen LogP contribution in [0.1, 0.15) is 5.56 Å². The van der Waals surface area contributed by atoms with Crippen molar-refractivity contribution in [3.8, 4) is 33.4 Å². The first kappa shape index (κ1) is 27.5. The van der Waals surface area contributed by atoms with E-state index < -0.39 is 0 Å². The Labute approximate surface area is 255 Å². The second-order valence-corrected chi connectivity index (χ2v) is 10.3. The zero-order valence-corrected chi connectivity index (χ0v) is 24.1. The molecule has 43 heavy (non-hydrogen) atoms. The first-order chi connectivity index (χ1) is 21.3. The van der Waals surface area contributed by atoms with Crippen LogP contribution in [0, 0.1) is 0 Å². The molecule has 0 heterocycles. The van der Waals surface area contributed by atoms with Crippen molar-refractivity contribution in [1.82, 2.24) is 0 Å². The quantitative estimate of drug-likeness (QED) is 0.162. The number of nitrogens with zero attached hydrogens (tertiary/aromatic N) is 1. The summed E-state index contributed by atoms with van der Waals surface area (Å²) in [5.74, 6) is 0. The monoisotopic (exact) mass is 551 g/mol. The fourth-order valence-electron chi connectivity index (χ4n) is 5.34. The van der Waals surface area contributed by atoms with E-state index in [0.717, 1.165) is 22.5 Å². The molecule has 0 fully saturated rings. The van der Waals surface area contributed by atoms with Gasteiger partial charge in [0.1, 0.15) is 0 Å². The molecular formula is C42H33N. The predicted octanol–water partition coefficient (Wildman–Crippen LogP) is 11.6. The van der Waals surface area contributed by atoms with Crippen LogP contribution in [0.2, 0.25) is 0 Å². The molecule has 1 heteroatoms. The minimum absolute atomic E-state index is 1.07. The number of para-hydroxylation sites is 1. The maximum Gasteiger partial charge on any atom is 0.0462 e. The summed E-state index contributed by atoms with van der Waals surface area (Å²) < 4.78 is 0. The number of hydrogen-bond acceptors (Lipinski definition) is 1. The number of benzene rings is 6. The van der Waals surface area contributed by atoms with E-state index >= 15 is 0 Å². The zero-order valence-electron chi connectivity index (χ0n) is 24.1. The first-order valence-electron chi connectivity index (χ1n) is 14.6. The van der Waals surface area contributed by atoms with Crippen LogP contribution in [0.15, 0.2) is 195 Å². The molecule has 0 aliphatic rings. The fourth-order valence-corrected chi connectivity index (χ4v) is 5.34. The van der Waals surface area contributed by atoms with Crippen LogP contribution in [0.25, 0.3) is 39.0 Å². The molecule has 0 spiro atoms. The minimum atomic E-state index is 1.07. The Hall–Kier alpha value is -5.66. The van der Waals surface area contributed by atoms with Crippen molar-refractivity contribution in [2.45, 2.75) is 0 Å². The van der Waals surface area contributed by atoms with E-state index in [1.165, 1.54) is 33.4 Å². The van der Waals surface area contributed by atoms with Gasteiger partial charge in [0, 0.05) is 17.6 Å². The van der Waals surface area contributed by atoms with Crippen molar-refractivity contribution in [1.29, 1.82) is 0 Å². The summed E-state index contributed by atoms with van der Waals surface area (Å²) in [5.41, 5.74) is 11.6. The lowest BCUT2D eigenvalue weighted by atomic mass is 9.92. The molecule has 0 saturated heterocycles. The Kier molecular flexibility index (Phi) is 8.53. The minimum Gasteiger partial charge on any atom is -0.317 e. The van der Waals surface area contributed by atoms with Crippen molar-refractivity contribution in [2.24, 2.45) is 0 Å². The highest BCUT2D eigenvalue weighted by Gasteiger charge is 2.13. The van der Waals surface area contributed by atoms with Gasteiger partial charge in [-0.1, -0.05) is 152 Å².